The molecule has 0 bridgehead atoms. The third-order valence-electron chi connectivity index (χ3n) is 9.80. The van der Waals surface area contributed by atoms with Crippen LogP contribution in [0.4, 0.5) is 0 Å². The second-order valence-corrected chi connectivity index (χ2v) is 15.4. The summed E-state index contributed by atoms with van der Waals surface area (Å²) in [5, 5.41) is 8.60. The van der Waals surface area contributed by atoms with Crippen LogP contribution in [0, 0.1) is 0 Å². The molecule has 0 saturated heterocycles. The van der Waals surface area contributed by atoms with E-state index < -0.39 is 0 Å². The summed E-state index contributed by atoms with van der Waals surface area (Å²) in [6, 6.07) is 0. The van der Waals surface area contributed by atoms with Crippen LogP contribution in [-0.2, 0) is 66.4 Å². The van der Waals surface area contributed by atoms with Crippen molar-refractivity contribution in [3.8, 4) is 0 Å². The minimum Gasteiger partial charge on any atom is -0.463 e. The molecule has 15 heteroatoms. The summed E-state index contributed by atoms with van der Waals surface area (Å²) in [7, 11) is 0. The van der Waals surface area contributed by atoms with E-state index in [4.69, 9.17) is 66.7 Å². The van der Waals surface area contributed by atoms with E-state index in [1.807, 2.05) is 0 Å². The standard InChI is InChI=1S/C48H96O15/c1-2-3-4-5-6-7-8-9-10-11-12-13-14-15-16-17-18-19-20-21-48(50)63-47-46-62-45-44-61-43-42-60-41-40-59-39-38-58-37-36-57-35-34-56-33-32-55-31-30-54-29-28-53-27-26-52-25-24-51-23-22-49/h49H,2-47H2,1H3. The lowest BCUT2D eigenvalue weighted by atomic mass is 10.0. The molecule has 0 aromatic carbocycles. The van der Waals surface area contributed by atoms with Crippen molar-refractivity contribution in [3.63, 3.8) is 0 Å². The quantitative estimate of drug-likeness (QED) is 0.0471. The van der Waals surface area contributed by atoms with Crippen molar-refractivity contribution in [3.05, 3.63) is 0 Å². The smallest absolute Gasteiger partial charge is 0.305 e. The summed E-state index contributed by atoms with van der Waals surface area (Å²) in [5.41, 5.74) is 0. The van der Waals surface area contributed by atoms with Crippen LogP contribution in [0.5, 0.6) is 0 Å². The summed E-state index contributed by atoms with van der Waals surface area (Å²) in [4.78, 5) is 12.0. The van der Waals surface area contributed by atoms with Gasteiger partial charge in [0.25, 0.3) is 0 Å². The van der Waals surface area contributed by atoms with E-state index in [0.29, 0.717) is 165 Å². The summed E-state index contributed by atoms with van der Waals surface area (Å²) in [6.07, 6.45) is 26.0. The van der Waals surface area contributed by atoms with E-state index in [9.17, 15) is 4.79 Å². The van der Waals surface area contributed by atoms with Crippen LogP contribution in [0.15, 0.2) is 0 Å². The van der Waals surface area contributed by atoms with Gasteiger partial charge in [0.1, 0.15) is 6.61 Å². The predicted octanol–water partition coefficient (Wildman–Crippen LogP) is 7.54. The van der Waals surface area contributed by atoms with Gasteiger partial charge in [-0.2, -0.15) is 0 Å². The van der Waals surface area contributed by atoms with E-state index in [2.05, 4.69) is 6.92 Å². The van der Waals surface area contributed by atoms with Crippen molar-refractivity contribution in [2.75, 3.05) is 172 Å². The number of esters is 1. The van der Waals surface area contributed by atoms with Gasteiger partial charge in [-0.1, -0.05) is 122 Å². The highest BCUT2D eigenvalue weighted by Crippen LogP contribution is 2.15. The van der Waals surface area contributed by atoms with Crippen molar-refractivity contribution in [2.45, 2.75) is 135 Å². The van der Waals surface area contributed by atoms with Crippen molar-refractivity contribution in [1.29, 1.82) is 0 Å². The van der Waals surface area contributed by atoms with E-state index in [-0.39, 0.29) is 19.2 Å². The zero-order valence-electron chi connectivity index (χ0n) is 40.2. The number of aliphatic hydroxyl groups is 1. The van der Waals surface area contributed by atoms with E-state index in [1.54, 1.807) is 0 Å². The monoisotopic (exact) mass is 913 g/mol. The molecule has 0 aromatic rings. The highest BCUT2D eigenvalue weighted by atomic mass is 16.6. The molecule has 0 fully saturated rings. The fourth-order valence-corrected chi connectivity index (χ4v) is 6.22. The maximum absolute atomic E-state index is 12.0. The number of hydrogen-bond acceptors (Lipinski definition) is 15. The SMILES string of the molecule is CCCCCCCCCCCCCCCCCCCCCC(=O)OCCOCCOCCOCCOCCOCCOCCOCCOCCOCCOCCOCCOCCO. The Bertz CT molecular complexity index is 829. The largest absolute Gasteiger partial charge is 0.463 e. The molecule has 0 rings (SSSR count). The average molecular weight is 913 g/mol. The van der Waals surface area contributed by atoms with Gasteiger partial charge >= 0.3 is 5.97 Å². The lowest BCUT2D eigenvalue weighted by Crippen LogP contribution is -2.15. The van der Waals surface area contributed by atoms with E-state index >= 15 is 0 Å². The van der Waals surface area contributed by atoms with Crippen LogP contribution in [0.2, 0.25) is 0 Å². The minimum atomic E-state index is -0.131. The van der Waals surface area contributed by atoms with Gasteiger partial charge in [0.05, 0.1) is 165 Å². The molecule has 0 aliphatic carbocycles. The third kappa shape index (κ3) is 58.9. The van der Waals surface area contributed by atoms with Gasteiger partial charge in [0, 0.05) is 6.42 Å². The molecule has 0 heterocycles. The fraction of sp³-hybridized carbons (Fsp3) is 0.979. The molecule has 0 saturated carbocycles. The molecule has 0 atom stereocenters. The lowest BCUT2D eigenvalue weighted by molar-refractivity contribution is -0.145. The zero-order valence-corrected chi connectivity index (χ0v) is 40.2. The Balaban J connectivity index is 3.13. The van der Waals surface area contributed by atoms with Crippen LogP contribution in [0.3, 0.4) is 0 Å². The van der Waals surface area contributed by atoms with Gasteiger partial charge in [0.2, 0.25) is 0 Å². The number of carbonyl (C=O) groups excluding carboxylic acids is 1. The molecule has 1 N–H and O–H groups in total. The topological polar surface area (TPSA) is 157 Å². The number of aliphatic hydroxyl groups excluding tert-OH is 1. The number of ether oxygens (including phenoxy) is 13. The molecule has 0 spiro atoms. The maximum Gasteiger partial charge on any atom is 0.305 e. The van der Waals surface area contributed by atoms with Gasteiger partial charge in [-0.25, -0.2) is 0 Å². The first-order valence-corrected chi connectivity index (χ1v) is 25.0. The second kappa shape index (κ2) is 59.0. The number of carbonyl (C=O) groups is 1. The average Bonchev–Trinajstić information content (AvgIpc) is 3.29. The van der Waals surface area contributed by atoms with Crippen molar-refractivity contribution in [1.82, 2.24) is 0 Å². The molecular formula is C48H96O15. The Kier molecular flexibility index (Phi) is 58.0. The van der Waals surface area contributed by atoms with Crippen molar-refractivity contribution < 1.29 is 71.5 Å². The van der Waals surface area contributed by atoms with Gasteiger partial charge in [-0.15, -0.1) is 0 Å². The van der Waals surface area contributed by atoms with Crippen LogP contribution in [0.25, 0.3) is 0 Å². The summed E-state index contributed by atoms with van der Waals surface area (Å²) >= 11 is 0. The minimum absolute atomic E-state index is 0.0224. The summed E-state index contributed by atoms with van der Waals surface area (Å²) < 4.78 is 70.6. The Morgan fingerprint density at radius 3 is 0.683 bits per heavy atom. The van der Waals surface area contributed by atoms with Crippen LogP contribution >= 0.6 is 0 Å². The molecule has 0 aliphatic heterocycles. The molecule has 63 heavy (non-hydrogen) atoms. The number of unbranched alkanes of at least 4 members (excludes halogenated alkanes) is 18. The Hall–Kier alpha value is -1.05. The van der Waals surface area contributed by atoms with Gasteiger partial charge in [-0.3, -0.25) is 4.79 Å². The molecular weight excluding hydrogens is 817 g/mol. The molecule has 0 unspecified atom stereocenters. The Morgan fingerprint density at radius 2 is 0.460 bits per heavy atom. The van der Waals surface area contributed by atoms with Crippen molar-refractivity contribution >= 4 is 5.97 Å². The molecule has 0 aliphatic rings. The third-order valence-corrected chi connectivity index (χ3v) is 9.80. The normalized spacial score (nSPS) is 11.6. The summed E-state index contributed by atoms with van der Waals surface area (Å²) in [5.74, 6) is -0.131. The molecule has 0 amide bonds. The van der Waals surface area contributed by atoms with Crippen LogP contribution in [-0.4, -0.2) is 183 Å². The van der Waals surface area contributed by atoms with Crippen LogP contribution < -0.4 is 0 Å². The zero-order chi connectivity index (χ0) is 45.3. The van der Waals surface area contributed by atoms with Crippen LogP contribution in [0.1, 0.15) is 135 Å². The van der Waals surface area contributed by atoms with Gasteiger partial charge in [0.15, 0.2) is 0 Å². The Morgan fingerprint density at radius 1 is 0.270 bits per heavy atom. The van der Waals surface area contributed by atoms with Gasteiger partial charge < -0.3 is 66.7 Å². The number of rotatable bonds is 58. The van der Waals surface area contributed by atoms with Gasteiger partial charge in [-0.05, 0) is 6.42 Å². The Labute approximate surface area is 383 Å². The predicted molar refractivity (Wildman–Crippen MR) is 246 cm³/mol. The number of hydrogen-bond donors (Lipinski definition) is 1. The second-order valence-electron chi connectivity index (χ2n) is 15.4. The molecule has 0 aromatic heterocycles. The molecule has 0 radical (unpaired) electrons. The lowest BCUT2D eigenvalue weighted by Gasteiger charge is -2.09. The summed E-state index contributed by atoms with van der Waals surface area (Å²) in [6.45, 7) is 14.1. The maximum atomic E-state index is 12.0. The highest BCUT2D eigenvalue weighted by molar-refractivity contribution is 5.69. The molecule has 378 valence electrons. The highest BCUT2D eigenvalue weighted by Gasteiger charge is 2.03. The first kappa shape index (κ1) is 62.0. The van der Waals surface area contributed by atoms with E-state index in [0.717, 1.165) is 12.8 Å². The van der Waals surface area contributed by atoms with E-state index in [1.165, 1.54) is 109 Å². The first-order chi connectivity index (χ1) is 31.3. The molecule has 15 nitrogen and oxygen atoms in total. The first-order valence-electron chi connectivity index (χ1n) is 25.0. The fourth-order valence-electron chi connectivity index (χ4n) is 6.22. The van der Waals surface area contributed by atoms with Crippen molar-refractivity contribution in [2.24, 2.45) is 0 Å².